The van der Waals surface area contributed by atoms with Crippen molar-refractivity contribution in [3.05, 3.63) is 36.0 Å². The lowest BCUT2D eigenvalue weighted by molar-refractivity contribution is -0.151. The Morgan fingerprint density at radius 3 is 3.00 bits per heavy atom. The molecule has 0 radical (unpaired) electrons. The van der Waals surface area contributed by atoms with Crippen molar-refractivity contribution in [2.24, 2.45) is 5.84 Å². The summed E-state index contributed by atoms with van der Waals surface area (Å²) in [5.74, 6) is 4.53. The molecule has 0 fully saturated rings. The van der Waals surface area contributed by atoms with Gasteiger partial charge in [-0.15, -0.1) is 0 Å². The topological polar surface area (TPSA) is 69.3 Å². The van der Waals surface area contributed by atoms with Crippen LogP contribution in [0.3, 0.4) is 0 Å². The summed E-state index contributed by atoms with van der Waals surface area (Å²) in [4.78, 5) is 15.7. The Balaban J connectivity index is 2.18. The molecule has 3 N–H and O–H groups in total. The molecule has 0 aliphatic carbocycles. The number of para-hydroxylation sites is 1. The van der Waals surface area contributed by atoms with E-state index in [0.717, 1.165) is 11.2 Å². The number of nitrogens with one attached hydrogen (secondary N) is 1. The Bertz CT molecular complexity index is 534. The smallest absolute Gasteiger partial charge is 0.328 e. The molecule has 0 amide bonds. The summed E-state index contributed by atoms with van der Waals surface area (Å²) in [5, 5.41) is 1.18. The van der Waals surface area contributed by atoms with Crippen molar-refractivity contribution in [1.82, 2.24) is 10.2 Å². The zero-order chi connectivity index (χ0) is 12.3. The van der Waals surface area contributed by atoms with E-state index in [4.69, 9.17) is 5.84 Å². The summed E-state index contributed by atoms with van der Waals surface area (Å²) in [6.45, 7) is 2.60. The maximum absolute atomic E-state index is 11.2. The van der Waals surface area contributed by atoms with Crippen LogP contribution in [0.25, 0.3) is 10.9 Å². The largest absolute Gasteiger partial charge is 0.356 e. The predicted octanol–water partition coefficient (Wildman–Crippen LogP) is 1.26. The molecular formula is C12H15N3O2. The van der Waals surface area contributed by atoms with Crippen LogP contribution in [0.5, 0.6) is 0 Å². The second-order valence-electron chi connectivity index (χ2n) is 3.84. The van der Waals surface area contributed by atoms with Gasteiger partial charge >= 0.3 is 5.97 Å². The summed E-state index contributed by atoms with van der Waals surface area (Å²) >= 11 is 0. The lowest BCUT2D eigenvalue weighted by Gasteiger charge is -2.07. The molecule has 0 unspecified atom stereocenters. The summed E-state index contributed by atoms with van der Waals surface area (Å²) in [6.07, 6.45) is 0.281. The molecule has 1 aromatic heterocycles. The minimum Gasteiger partial charge on any atom is -0.356 e. The van der Waals surface area contributed by atoms with Crippen molar-refractivity contribution in [2.45, 2.75) is 19.9 Å². The second-order valence-corrected chi connectivity index (χ2v) is 3.84. The van der Waals surface area contributed by atoms with Gasteiger partial charge in [-0.05, 0) is 24.4 Å². The zero-order valence-corrected chi connectivity index (χ0v) is 9.64. The van der Waals surface area contributed by atoms with E-state index in [-0.39, 0.29) is 12.4 Å². The van der Waals surface area contributed by atoms with Gasteiger partial charge in [0.2, 0.25) is 0 Å². The van der Waals surface area contributed by atoms with Crippen molar-refractivity contribution in [1.29, 1.82) is 0 Å². The molecular weight excluding hydrogens is 218 g/mol. The first kappa shape index (κ1) is 11.6. The van der Waals surface area contributed by atoms with Crippen molar-refractivity contribution in [3.8, 4) is 0 Å². The molecule has 0 saturated heterocycles. The average molecular weight is 233 g/mol. The van der Waals surface area contributed by atoms with Crippen molar-refractivity contribution >= 4 is 16.9 Å². The Morgan fingerprint density at radius 2 is 2.24 bits per heavy atom. The Hall–Kier alpha value is -1.85. The lowest BCUT2D eigenvalue weighted by atomic mass is 10.2. The van der Waals surface area contributed by atoms with Crippen LogP contribution in [-0.2, 0) is 16.2 Å². The van der Waals surface area contributed by atoms with Gasteiger partial charge in [0, 0.05) is 17.8 Å². The SMILES string of the molecule is Cc1cc2ccccc2n1CCC(=O)ONN. The van der Waals surface area contributed by atoms with Gasteiger partial charge in [-0.2, -0.15) is 0 Å². The van der Waals surface area contributed by atoms with Crippen molar-refractivity contribution in [3.63, 3.8) is 0 Å². The van der Waals surface area contributed by atoms with E-state index in [1.165, 1.54) is 5.39 Å². The molecule has 0 aliphatic rings. The number of nitrogens with two attached hydrogens (primary N) is 1. The third-order valence-corrected chi connectivity index (χ3v) is 2.73. The quantitative estimate of drug-likeness (QED) is 0.616. The van der Waals surface area contributed by atoms with E-state index in [2.05, 4.69) is 21.5 Å². The minimum absolute atomic E-state index is 0.281. The minimum atomic E-state index is -0.371. The third kappa shape index (κ3) is 2.46. The highest BCUT2D eigenvalue weighted by Gasteiger charge is 2.08. The van der Waals surface area contributed by atoms with Crippen LogP contribution in [0, 0.1) is 6.92 Å². The molecule has 0 bridgehead atoms. The van der Waals surface area contributed by atoms with Crippen LogP contribution in [0.4, 0.5) is 0 Å². The van der Waals surface area contributed by atoms with E-state index in [1.54, 1.807) is 0 Å². The van der Waals surface area contributed by atoms with Crippen LogP contribution < -0.4 is 11.4 Å². The number of carbonyl (C=O) groups excluding carboxylic acids is 1. The highest BCUT2D eigenvalue weighted by molar-refractivity contribution is 5.81. The molecule has 5 heteroatoms. The van der Waals surface area contributed by atoms with Crippen LogP contribution in [-0.4, -0.2) is 10.5 Å². The van der Waals surface area contributed by atoms with Gasteiger partial charge in [-0.25, -0.2) is 5.84 Å². The monoisotopic (exact) mass is 233 g/mol. The molecule has 5 nitrogen and oxygen atoms in total. The first-order chi connectivity index (χ1) is 8.22. The Kier molecular flexibility index (Phi) is 3.41. The van der Waals surface area contributed by atoms with Gasteiger partial charge < -0.3 is 9.40 Å². The van der Waals surface area contributed by atoms with Crippen molar-refractivity contribution < 1.29 is 9.63 Å². The van der Waals surface area contributed by atoms with Gasteiger partial charge in [-0.1, -0.05) is 23.8 Å². The summed E-state index contributed by atoms with van der Waals surface area (Å²) in [6, 6.07) is 10.2. The number of benzene rings is 1. The highest BCUT2D eigenvalue weighted by atomic mass is 16.7. The molecule has 17 heavy (non-hydrogen) atoms. The maximum atomic E-state index is 11.2. The molecule has 0 saturated carbocycles. The fourth-order valence-corrected chi connectivity index (χ4v) is 1.96. The summed E-state index contributed by atoms with van der Waals surface area (Å²) in [7, 11) is 0. The normalized spacial score (nSPS) is 10.7. The number of rotatable bonds is 4. The molecule has 1 aromatic carbocycles. The first-order valence-corrected chi connectivity index (χ1v) is 5.42. The van der Waals surface area contributed by atoms with Gasteiger partial charge in [0.1, 0.15) is 0 Å². The van der Waals surface area contributed by atoms with Gasteiger partial charge in [-0.3, -0.25) is 4.79 Å². The van der Waals surface area contributed by atoms with Crippen molar-refractivity contribution in [2.75, 3.05) is 0 Å². The van der Waals surface area contributed by atoms with Gasteiger partial charge in [0.15, 0.2) is 0 Å². The first-order valence-electron chi connectivity index (χ1n) is 5.42. The standard InChI is InChI=1S/C12H15N3O2/c1-9-8-10-4-2-3-5-11(10)15(9)7-6-12(16)17-14-13/h2-5,8,14H,6-7,13H2,1H3. The second kappa shape index (κ2) is 4.99. The number of hydrogen-bond donors (Lipinski definition) is 2. The third-order valence-electron chi connectivity index (χ3n) is 2.73. The maximum Gasteiger partial charge on any atom is 0.328 e. The van der Waals surface area contributed by atoms with E-state index in [9.17, 15) is 4.79 Å². The number of aryl methyl sites for hydroxylation is 2. The average Bonchev–Trinajstić information content (AvgIpc) is 2.62. The fourth-order valence-electron chi connectivity index (χ4n) is 1.96. The van der Waals surface area contributed by atoms with Crippen LogP contribution in [0.15, 0.2) is 30.3 Å². The van der Waals surface area contributed by atoms with Crippen LogP contribution in [0.1, 0.15) is 12.1 Å². The van der Waals surface area contributed by atoms with Gasteiger partial charge in [0.25, 0.3) is 0 Å². The van der Waals surface area contributed by atoms with E-state index < -0.39 is 0 Å². The fraction of sp³-hybridized carbons (Fsp3) is 0.250. The number of hydrazine groups is 1. The van der Waals surface area contributed by atoms with E-state index in [1.807, 2.05) is 30.7 Å². The highest BCUT2D eigenvalue weighted by Crippen LogP contribution is 2.19. The summed E-state index contributed by atoms with van der Waals surface area (Å²) < 4.78 is 2.09. The van der Waals surface area contributed by atoms with Crippen LogP contribution in [0.2, 0.25) is 0 Å². The molecule has 0 atom stereocenters. The van der Waals surface area contributed by atoms with Crippen LogP contribution >= 0.6 is 0 Å². The van der Waals surface area contributed by atoms with E-state index in [0.29, 0.717) is 6.54 Å². The number of fused-ring (bicyclic) bond motifs is 1. The summed E-state index contributed by atoms with van der Waals surface area (Å²) in [5.41, 5.74) is 4.14. The zero-order valence-electron chi connectivity index (χ0n) is 9.64. The molecule has 0 aliphatic heterocycles. The number of nitrogens with zero attached hydrogens (tertiary/aromatic N) is 1. The lowest BCUT2D eigenvalue weighted by Crippen LogP contribution is -2.26. The predicted molar refractivity (Wildman–Crippen MR) is 64.7 cm³/mol. The molecule has 0 spiro atoms. The molecule has 2 aromatic rings. The molecule has 90 valence electrons. The Morgan fingerprint density at radius 1 is 1.47 bits per heavy atom. The van der Waals surface area contributed by atoms with Gasteiger partial charge in [0.05, 0.1) is 6.42 Å². The number of aromatic nitrogens is 1. The van der Waals surface area contributed by atoms with E-state index >= 15 is 0 Å². The molecule has 1 heterocycles. The Labute approximate surface area is 99.1 Å². The number of carbonyl (C=O) groups is 1. The number of hydrogen-bond acceptors (Lipinski definition) is 4. The molecule has 2 rings (SSSR count).